The van der Waals surface area contributed by atoms with Gasteiger partial charge in [-0.3, -0.25) is 9.35 Å². The molecule has 0 aliphatic heterocycles. The van der Waals surface area contributed by atoms with Crippen LogP contribution in [0, 0.1) is 24.4 Å². The van der Waals surface area contributed by atoms with E-state index in [1.54, 1.807) is 0 Å². The molecule has 1 aromatic carbocycles. The Hall–Kier alpha value is -2.01. The van der Waals surface area contributed by atoms with Crippen molar-refractivity contribution in [3.63, 3.8) is 0 Å². The van der Waals surface area contributed by atoms with E-state index in [0.717, 1.165) is 20.0 Å². The second-order valence-corrected chi connectivity index (χ2v) is 11.4. The molecule has 50 heavy (non-hydrogen) atoms. The maximum absolute atomic E-state index is 14.3. The predicted molar refractivity (Wildman–Crippen MR) is 170 cm³/mol. The summed E-state index contributed by atoms with van der Waals surface area (Å²) in [6.07, 6.45) is 0.557. The molecule has 0 aliphatic rings. The molecule has 0 radical (unpaired) electrons. The predicted octanol–water partition coefficient (Wildman–Crippen LogP) is 2.53. The summed E-state index contributed by atoms with van der Waals surface area (Å²) < 4.78 is 132. The van der Waals surface area contributed by atoms with Crippen LogP contribution in [0.15, 0.2) is 4.90 Å². The number of carbonyl (C=O) groups is 1. The van der Waals surface area contributed by atoms with Gasteiger partial charge < -0.3 is 52.1 Å². The molecule has 19 heteroatoms. The van der Waals surface area contributed by atoms with Crippen molar-refractivity contribution in [1.29, 1.82) is 0 Å². The molecule has 1 aromatic rings. The molecule has 0 fully saturated rings. The SMILES string of the molecule is CCCOCCOCCOCCOCCOCCOCCOCCOCCOCCOCCC(=O)Oc1c(F)c(C)c(S(=O)(=O)O)c(F)c1F. The van der Waals surface area contributed by atoms with Crippen LogP contribution < -0.4 is 4.74 Å². The van der Waals surface area contributed by atoms with Gasteiger partial charge in [0.1, 0.15) is 4.90 Å². The molecule has 1 N–H and O–H groups in total. The quantitative estimate of drug-likeness (QED) is 0.0358. The van der Waals surface area contributed by atoms with Gasteiger partial charge in [-0.05, 0) is 13.3 Å². The van der Waals surface area contributed by atoms with Gasteiger partial charge in [0.15, 0.2) is 11.6 Å². The third-order valence-electron chi connectivity index (χ3n) is 6.08. The fourth-order valence-electron chi connectivity index (χ4n) is 3.67. The van der Waals surface area contributed by atoms with Gasteiger partial charge in [0.05, 0.1) is 132 Å². The van der Waals surface area contributed by atoms with Gasteiger partial charge in [-0.25, -0.2) is 8.78 Å². The largest absolute Gasteiger partial charge is 0.420 e. The van der Waals surface area contributed by atoms with Crippen molar-refractivity contribution >= 4 is 16.1 Å². The highest BCUT2D eigenvalue weighted by molar-refractivity contribution is 7.85. The van der Waals surface area contributed by atoms with Gasteiger partial charge in [0, 0.05) is 12.2 Å². The minimum absolute atomic E-state index is 0.0946. The lowest BCUT2D eigenvalue weighted by molar-refractivity contribution is -0.136. The van der Waals surface area contributed by atoms with E-state index < -0.39 is 56.2 Å². The Morgan fingerprint density at radius 3 is 1.12 bits per heavy atom. The van der Waals surface area contributed by atoms with Crippen LogP contribution in [0.3, 0.4) is 0 Å². The first kappa shape index (κ1) is 46.0. The number of carbonyl (C=O) groups excluding carboxylic acids is 1. The van der Waals surface area contributed by atoms with E-state index >= 15 is 0 Å². The lowest BCUT2D eigenvalue weighted by Gasteiger charge is -2.12. The summed E-state index contributed by atoms with van der Waals surface area (Å²) in [5, 5.41) is 0. The molecule has 0 unspecified atom stereocenters. The number of esters is 1. The molecular weight excluding hydrogens is 701 g/mol. The molecule has 1 rings (SSSR count). The van der Waals surface area contributed by atoms with E-state index in [9.17, 15) is 26.4 Å². The Labute approximate surface area is 291 Å². The van der Waals surface area contributed by atoms with Gasteiger partial charge >= 0.3 is 5.97 Å². The second-order valence-electron chi connectivity index (χ2n) is 10.0. The van der Waals surface area contributed by atoms with Gasteiger partial charge in [0.25, 0.3) is 10.1 Å². The maximum atomic E-state index is 14.3. The van der Waals surface area contributed by atoms with Gasteiger partial charge in [-0.15, -0.1) is 0 Å². The molecule has 0 heterocycles. The monoisotopic (exact) mass is 752 g/mol. The molecule has 0 amide bonds. The van der Waals surface area contributed by atoms with Crippen molar-refractivity contribution < 1.29 is 83.0 Å². The van der Waals surface area contributed by atoms with E-state index in [4.69, 9.17) is 51.9 Å². The van der Waals surface area contributed by atoms with Crippen molar-refractivity contribution in [1.82, 2.24) is 0 Å². The Kier molecular flexibility index (Phi) is 27.2. The third-order valence-corrected chi connectivity index (χ3v) is 7.08. The molecule has 0 saturated heterocycles. The minimum Gasteiger partial charge on any atom is -0.420 e. The summed E-state index contributed by atoms with van der Waals surface area (Å²) in [5.41, 5.74) is -0.943. The zero-order chi connectivity index (χ0) is 36.9. The highest BCUT2D eigenvalue weighted by atomic mass is 32.2. The van der Waals surface area contributed by atoms with Crippen molar-refractivity contribution in [3.8, 4) is 5.75 Å². The molecule has 15 nitrogen and oxygen atoms in total. The standard InChI is InChI=1S/C31H51F3O15S/c1-3-5-39-7-9-41-11-13-43-15-17-45-19-21-47-23-24-48-22-20-46-18-16-44-14-12-42-10-8-40-6-4-26(35)49-30-27(32)25(2)31(50(36,37)38)29(34)28(30)33/h3-24H2,1-2H3,(H,36,37,38). The molecule has 0 bridgehead atoms. The highest BCUT2D eigenvalue weighted by Crippen LogP contribution is 2.33. The van der Waals surface area contributed by atoms with Crippen LogP contribution in [0.25, 0.3) is 0 Å². The topological polar surface area (TPSA) is 173 Å². The Morgan fingerprint density at radius 2 is 0.820 bits per heavy atom. The summed E-state index contributed by atoms with van der Waals surface area (Å²) in [4.78, 5) is 10.3. The van der Waals surface area contributed by atoms with Gasteiger partial charge in [0.2, 0.25) is 11.6 Å². The second kappa shape index (κ2) is 29.6. The number of rotatable bonds is 34. The number of hydrogen-bond acceptors (Lipinski definition) is 14. The van der Waals surface area contributed by atoms with E-state index in [-0.39, 0.29) is 26.4 Å². The number of benzene rings is 1. The minimum atomic E-state index is -5.26. The van der Waals surface area contributed by atoms with E-state index in [1.807, 2.05) is 0 Å². The van der Waals surface area contributed by atoms with Crippen molar-refractivity contribution in [2.75, 3.05) is 132 Å². The fraction of sp³-hybridized carbons (Fsp3) is 0.774. The average Bonchev–Trinajstić information content (AvgIpc) is 3.07. The zero-order valence-electron chi connectivity index (χ0n) is 28.8. The molecule has 0 spiro atoms. The zero-order valence-corrected chi connectivity index (χ0v) is 29.6. The van der Waals surface area contributed by atoms with Crippen LogP contribution in [0.5, 0.6) is 5.75 Å². The van der Waals surface area contributed by atoms with Gasteiger partial charge in [-0.2, -0.15) is 12.8 Å². The van der Waals surface area contributed by atoms with Crippen molar-refractivity contribution in [2.45, 2.75) is 31.6 Å². The molecule has 292 valence electrons. The van der Waals surface area contributed by atoms with Crippen LogP contribution in [-0.4, -0.2) is 151 Å². The molecule has 0 aliphatic carbocycles. The lowest BCUT2D eigenvalue weighted by atomic mass is 10.2. The van der Waals surface area contributed by atoms with Crippen molar-refractivity contribution in [3.05, 3.63) is 23.0 Å². The molecule has 0 atom stereocenters. The van der Waals surface area contributed by atoms with Crippen LogP contribution in [0.4, 0.5) is 13.2 Å². The maximum Gasteiger partial charge on any atom is 0.313 e. The number of ether oxygens (including phenoxy) is 11. The smallest absolute Gasteiger partial charge is 0.313 e. The first-order chi connectivity index (χ1) is 24.1. The Balaban J connectivity index is 1.84. The van der Waals surface area contributed by atoms with Crippen LogP contribution >= 0.6 is 0 Å². The van der Waals surface area contributed by atoms with Crippen LogP contribution in [0.2, 0.25) is 0 Å². The fourth-order valence-corrected chi connectivity index (χ4v) is 4.47. The highest BCUT2D eigenvalue weighted by Gasteiger charge is 2.31. The number of halogens is 3. The average molecular weight is 753 g/mol. The summed E-state index contributed by atoms with van der Waals surface area (Å²) in [6.45, 7) is 10.8. The number of hydrogen-bond donors (Lipinski definition) is 1. The summed E-state index contributed by atoms with van der Waals surface area (Å²) in [6, 6.07) is 0. The molecule has 0 saturated carbocycles. The summed E-state index contributed by atoms with van der Waals surface area (Å²) in [7, 11) is -5.26. The van der Waals surface area contributed by atoms with Crippen molar-refractivity contribution in [2.24, 2.45) is 0 Å². The third kappa shape index (κ3) is 22.0. The van der Waals surface area contributed by atoms with E-state index in [2.05, 4.69) is 11.7 Å². The summed E-state index contributed by atoms with van der Waals surface area (Å²) in [5.74, 6) is -8.35. The van der Waals surface area contributed by atoms with Crippen LogP contribution in [-0.2, 0) is 62.3 Å². The Morgan fingerprint density at radius 1 is 0.520 bits per heavy atom. The molecular formula is C31H51F3O15S. The summed E-state index contributed by atoms with van der Waals surface area (Å²) >= 11 is 0. The van der Waals surface area contributed by atoms with E-state index in [1.165, 1.54) is 0 Å². The van der Waals surface area contributed by atoms with Gasteiger partial charge in [-0.1, -0.05) is 6.92 Å². The normalized spacial score (nSPS) is 11.8. The first-order valence-corrected chi connectivity index (χ1v) is 17.7. The van der Waals surface area contributed by atoms with E-state index in [0.29, 0.717) is 99.1 Å². The molecule has 0 aromatic heterocycles. The lowest BCUT2D eigenvalue weighted by Crippen LogP contribution is -2.17. The Bertz CT molecular complexity index is 1120. The van der Waals surface area contributed by atoms with Crippen LogP contribution in [0.1, 0.15) is 25.3 Å². The first-order valence-electron chi connectivity index (χ1n) is 16.2.